The average molecular weight is 268 g/mol. The van der Waals surface area contributed by atoms with Crippen LogP contribution in [0.2, 0.25) is 0 Å². The Bertz CT molecular complexity index is 282. The van der Waals surface area contributed by atoms with Crippen LogP contribution in [0, 0.1) is 0 Å². The molecule has 2 N–H and O–H groups in total. The zero-order valence-electron chi connectivity index (χ0n) is 13.0. The number of likely N-dealkylation sites (tertiary alicyclic amines) is 1. The lowest BCUT2D eigenvalue weighted by molar-refractivity contribution is -0.0875. The van der Waals surface area contributed by atoms with Crippen LogP contribution < -0.4 is 5.73 Å². The Balaban J connectivity index is 2.16. The van der Waals surface area contributed by atoms with E-state index in [1.54, 1.807) is 0 Å². The number of rotatable bonds is 5. The largest absolute Gasteiger partial charge is 0.378 e. The molecule has 0 spiro atoms. The summed E-state index contributed by atoms with van der Waals surface area (Å²) in [6.07, 6.45) is 9.00. The molecule has 2 aliphatic heterocycles. The van der Waals surface area contributed by atoms with Crippen molar-refractivity contribution in [3.05, 3.63) is 0 Å². The van der Waals surface area contributed by atoms with E-state index >= 15 is 0 Å². The van der Waals surface area contributed by atoms with Gasteiger partial charge in [-0.15, -0.1) is 0 Å². The molecule has 19 heavy (non-hydrogen) atoms. The molecule has 2 fully saturated rings. The van der Waals surface area contributed by atoms with Gasteiger partial charge in [-0.25, -0.2) is 0 Å². The van der Waals surface area contributed by atoms with Crippen molar-refractivity contribution in [3.8, 4) is 0 Å². The zero-order valence-corrected chi connectivity index (χ0v) is 13.0. The summed E-state index contributed by atoms with van der Waals surface area (Å²) in [4.78, 5) is 2.78. The number of nitrogens with two attached hydrogens (primary N) is 1. The Morgan fingerprint density at radius 2 is 2.11 bits per heavy atom. The second kappa shape index (κ2) is 6.55. The number of ether oxygens (including phenoxy) is 1. The van der Waals surface area contributed by atoms with Gasteiger partial charge in [0.2, 0.25) is 0 Å². The molecule has 2 heterocycles. The summed E-state index contributed by atoms with van der Waals surface area (Å²) in [6.45, 7) is 8.63. The maximum Gasteiger partial charge on any atom is 0.0593 e. The van der Waals surface area contributed by atoms with Crippen LogP contribution in [-0.2, 0) is 4.74 Å². The van der Waals surface area contributed by atoms with Crippen LogP contribution in [0.1, 0.15) is 65.7 Å². The van der Waals surface area contributed by atoms with Crippen molar-refractivity contribution in [3.63, 3.8) is 0 Å². The predicted octanol–water partition coefficient (Wildman–Crippen LogP) is 2.93. The van der Waals surface area contributed by atoms with Gasteiger partial charge in [-0.05, 0) is 45.4 Å². The fraction of sp³-hybridized carbons (Fsp3) is 1.00. The van der Waals surface area contributed by atoms with E-state index in [1.165, 1.54) is 32.1 Å². The highest BCUT2D eigenvalue weighted by atomic mass is 16.5. The van der Waals surface area contributed by atoms with Crippen molar-refractivity contribution >= 4 is 0 Å². The lowest BCUT2D eigenvalue weighted by Crippen LogP contribution is -2.61. The number of nitrogens with zero attached hydrogens (tertiary/aromatic N) is 1. The first-order valence-electron chi connectivity index (χ1n) is 8.27. The minimum Gasteiger partial charge on any atom is -0.378 e. The Morgan fingerprint density at radius 3 is 2.74 bits per heavy atom. The van der Waals surface area contributed by atoms with Gasteiger partial charge in [0.05, 0.1) is 6.10 Å². The highest BCUT2D eigenvalue weighted by Gasteiger charge is 2.47. The molecule has 0 aliphatic carbocycles. The smallest absolute Gasteiger partial charge is 0.0593 e. The summed E-state index contributed by atoms with van der Waals surface area (Å²) >= 11 is 0. The van der Waals surface area contributed by atoms with Crippen molar-refractivity contribution < 1.29 is 4.74 Å². The van der Waals surface area contributed by atoms with Crippen molar-refractivity contribution in [2.24, 2.45) is 5.73 Å². The second-order valence-corrected chi connectivity index (χ2v) is 6.56. The minimum atomic E-state index is 0.203. The molecular formula is C16H32N2O. The van der Waals surface area contributed by atoms with E-state index in [-0.39, 0.29) is 5.54 Å². The normalized spacial score (nSPS) is 40.7. The Hall–Kier alpha value is -0.120. The first kappa shape index (κ1) is 15.3. The summed E-state index contributed by atoms with van der Waals surface area (Å²) in [7, 11) is 0. The maximum absolute atomic E-state index is 6.26. The number of hydrogen-bond donors (Lipinski definition) is 1. The predicted molar refractivity (Wildman–Crippen MR) is 80.3 cm³/mol. The van der Waals surface area contributed by atoms with E-state index in [2.05, 4.69) is 25.7 Å². The first-order chi connectivity index (χ1) is 9.16. The van der Waals surface area contributed by atoms with Gasteiger partial charge < -0.3 is 10.5 Å². The van der Waals surface area contributed by atoms with Crippen LogP contribution in [0.25, 0.3) is 0 Å². The van der Waals surface area contributed by atoms with E-state index in [0.717, 1.165) is 32.0 Å². The van der Waals surface area contributed by atoms with Gasteiger partial charge in [-0.1, -0.05) is 20.3 Å². The average Bonchev–Trinajstić information content (AvgIpc) is 2.81. The quantitative estimate of drug-likeness (QED) is 0.833. The minimum absolute atomic E-state index is 0.203. The van der Waals surface area contributed by atoms with Crippen molar-refractivity contribution in [1.82, 2.24) is 4.90 Å². The van der Waals surface area contributed by atoms with E-state index < -0.39 is 0 Å². The maximum atomic E-state index is 6.26. The monoisotopic (exact) mass is 268 g/mol. The summed E-state index contributed by atoms with van der Waals surface area (Å²) in [5.41, 5.74) is 6.46. The van der Waals surface area contributed by atoms with Crippen molar-refractivity contribution in [2.45, 2.75) is 89.4 Å². The molecule has 0 amide bonds. The third kappa shape index (κ3) is 2.98. The summed E-state index contributed by atoms with van der Waals surface area (Å²) in [5.74, 6) is 0. The van der Waals surface area contributed by atoms with Gasteiger partial charge in [0.25, 0.3) is 0 Å². The SMILES string of the molecule is CCCC1CC(CN)(N2C(C)CCC2CC)CCO1. The fourth-order valence-electron chi connectivity index (χ4n) is 4.36. The van der Waals surface area contributed by atoms with Crippen LogP contribution in [0.3, 0.4) is 0 Å². The molecule has 0 bridgehead atoms. The number of hydrogen-bond acceptors (Lipinski definition) is 3. The highest BCUT2D eigenvalue weighted by Crippen LogP contribution is 2.40. The lowest BCUT2D eigenvalue weighted by atomic mass is 9.82. The standard InChI is InChI=1S/C16H32N2O/c1-4-6-15-11-16(12-17,9-10-19-15)18-13(3)7-8-14(18)5-2/h13-15H,4-12,17H2,1-3H3. The van der Waals surface area contributed by atoms with Crippen LogP contribution in [0.5, 0.6) is 0 Å². The molecule has 2 saturated heterocycles. The van der Waals surface area contributed by atoms with Gasteiger partial charge in [0.15, 0.2) is 0 Å². The second-order valence-electron chi connectivity index (χ2n) is 6.56. The molecule has 0 aromatic carbocycles. The van der Waals surface area contributed by atoms with Gasteiger partial charge in [0, 0.05) is 30.8 Å². The molecule has 4 atom stereocenters. The van der Waals surface area contributed by atoms with Crippen LogP contribution in [0.4, 0.5) is 0 Å². The van der Waals surface area contributed by atoms with Crippen LogP contribution >= 0.6 is 0 Å². The van der Waals surface area contributed by atoms with Crippen LogP contribution in [-0.4, -0.2) is 41.8 Å². The lowest BCUT2D eigenvalue weighted by Gasteiger charge is -2.50. The van der Waals surface area contributed by atoms with Crippen molar-refractivity contribution in [1.29, 1.82) is 0 Å². The molecule has 2 rings (SSSR count). The molecule has 0 aromatic rings. The molecule has 112 valence electrons. The third-order valence-electron chi connectivity index (χ3n) is 5.32. The third-order valence-corrected chi connectivity index (χ3v) is 5.32. The van der Waals surface area contributed by atoms with Gasteiger partial charge in [-0.3, -0.25) is 4.90 Å². The van der Waals surface area contributed by atoms with Crippen molar-refractivity contribution in [2.75, 3.05) is 13.2 Å². The van der Waals surface area contributed by atoms with E-state index in [4.69, 9.17) is 10.5 Å². The fourth-order valence-corrected chi connectivity index (χ4v) is 4.36. The molecule has 3 nitrogen and oxygen atoms in total. The molecule has 0 aromatic heterocycles. The molecule has 0 saturated carbocycles. The molecular weight excluding hydrogens is 236 g/mol. The Morgan fingerprint density at radius 1 is 1.32 bits per heavy atom. The first-order valence-corrected chi connectivity index (χ1v) is 8.27. The van der Waals surface area contributed by atoms with E-state index in [0.29, 0.717) is 12.1 Å². The summed E-state index contributed by atoms with van der Waals surface area (Å²) in [5, 5.41) is 0. The van der Waals surface area contributed by atoms with Gasteiger partial charge in [0.1, 0.15) is 0 Å². The highest BCUT2D eigenvalue weighted by molar-refractivity contribution is 5.03. The van der Waals surface area contributed by atoms with E-state index in [1.807, 2.05) is 0 Å². The van der Waals surface area contributed by atoms with Crippen LogP contribution in [0.15, 0.2) is 0 Å². The molecule has 4 unspecified atom stereocenters. The molecule has 0 radical (unpaired) electrons. The summed E-state index contributed by atoms with van der Waals surface area (Å²) in [6, 6.07) is 1.42. The topological polar surface area (TPSA) is 38.5 Å². The van der Waals surface area contributed by atoms with E-state index in [9.17, 15) is 0 Å². The zero-order chi connectivity index (χ0) is 13.9. The Kier molecular flexibility index (Phi) is 5.27. The van der Waals surface area contributed by atoms with Gasteiger partial charge in [-0.2, -0.15) is 0 Å². The molecule has 3 heteroatoms. The summed E-state index contributed by atoms with van der Waals surface area (Å²) < 4.78 is 5.96. The molecule has 2 aliphatic rings. The van der Waals surface area contributed by atoms with Gasteiger partial charge >= 0.3 is 0 Å². The Labute approximate surface area is 118 Å².